The van der Waals surface area contributed by atoms with Gasteiger partial charge in [0.2, 0.25) is 0 Å². The van der Waals surface area contributed by atoms with Crippen LogP contribution in [0.3, 0.4) is 0 Å². The van der Waals surface area contributed by atoms with Crippen molar-refractivity contribution < 1.29 is 4.42 Å². The molecular formula is C16H16N2O. The normalized spacial score (nSPS) is 12.8. The molecular weight excluding hydrogens is 236 g/mol. The van der Waals surface area contributed by atoms with Gasteiger partial charge in [0.05, 0.1) is 6.04 Å². The van der Waals surface area contributed by atoms with Crippen LogP contribution in [0.25, 0.3) is 11.0 Å². The summed E-state index contributed by atoms with van der Waals surface area (Å²) in [5.41, 5.74) is 10.3. The Morgan fingerprint density at radius 2 is 2.00 bits per heavy atom. The molecule has 0 saturated carbocycles. The lowest BCUT2D eigenvalue weighted by Crippen LogP contribution is -2.11. The number of nitrogens with two attached hydrogens (primary N) is 1. The van der Waals surface area contributed by atoms with Crippen LogP contribution in [0.15, 0.2) is 47.0 Å². The van der Waals surface area contributed by atoms with E-state index < -0.39 is 0 Å². The molecule has 0 saturated heterocycles. The van der Waals surface area contributed by atoms with Crippen LogP contribution in [0.1, 0.15) is 28.6 Å². The van der Waals surface area contributed by atoms with Crippen LogP contribution < -0.4 is 5.73 Å². The fourth-order valence-electron chi connectivity index (χ4n) is 2.31. The molecule has 2 aromatic heterocycles. The summed E-state index contributed by atoms with van der Waals surface area (Å²) < 4.78 is 5.91. The van der Waals surface area contributed by atoms with Crippen molar-refractivity contribution in [1.29, 1.82) is 0 Å². The number of pyridine rings is 1. The van der Waals surface area contributed by atoms with Crippen LogP contribution in [0.2, 0.25) is 0 Å². The number of aromatic nitrogens is 1. The van der Waals surface area contributed by atoms with Gasteiger partial charge in [-0.25, -0.2) is 0 Å². The quantitative estimate of drug-likeness (QED) is 0.759. The smallest absolute Gasteiger partial charge is 0.137 e. The van der Waals surface area contributed by atoms with E-state index in [2.05, 4.69) is 4.98 Å². The van der Waals surface area contributed by atoms with Crippen molar-refractivity contribution in [2.45, 2.75) is 19.9 Å². The largest absolute Gasteiger partial charge is 0.459 e. The molecule has 2 N–H and O–H groups in total. The van der Waals surface area contributed by atoms with Crippen molar-refractivity contribution in [3.8, 4) is 0 Å². The molecule has 0 bridgehead atoms. The summed E-state index contributed by atoms with van der Waals surface area (Å²) in [6.07, 6.45) is 1.78. The molecule has 19 heavy (non-hydrogen) atoms. The van der Waals surface area contributed by atoms with Crippen molar-refractivity contribution in [1.82, 2.24) is 4.98 Å². The van der Waals surface area contributed by atoms with E-state index in [0.717, 1.165) is 33.6 Å². The summed E-state index contributed by atoms with van der Waals surface area (Å²) in [7, 11) is 0. The first-order valence-corrected chi connectivity index (χ1v) is 6.32. The van der Waals surface area contributed by atoms with Crippen LogP contribution in [0.5, 0.6) is 0 Å². The number of hydrogen-bond donors (Lipinski definition) is 1. The molecule has 96 valence electrons. The highest BCUT2D eigenvalue weighted by molar-refractivity contribution is 5.81. The summed E-state index contributed by atoms with van der Waals surface area (Å²) in [6.45, 7) is 4.00. The molecule has 3 aromatic rings. The first-order chi connectivity index (χ1) is 9.15. The maximum atomic E-state index is 6.28. The maximum absolute atomic E-state index is 6.28. The number of hydrogen-bond acceptors (Lipinski definition) is 3. The Morgan fingerprint density at radius 3 is 2.74 bits per heavy atom. The van der Waals surface area contributed by atoms with Crippen LogP contribution in [-0.2, 0) is 0 Å². The minimum Gasteiger partial charge on any atom is -0.459 e. The number of rotatable bonds is 2. The summed E-state index contributed by atoms with van der Waals surface area (Å²) in [4.78, 5) is 4.19. The lowest BCUT2D eigenvalue weighted by atomic mass is 10.1. The number of fused-ring (bicyclic) bond motifs is 1. The number of nitrogens with zero attached hydrogens (tertiary/aromatic N) is 1. The monoisotopic (exact) mass is 252 g/mol. The molecule has 0 aliphatic heterocycles. The average molecular weight is 252 g/mol. The molecule has 0 radical (unpaired) electrons. The zero-order valence-electron chi connectivity index (χ0n) is 11.1. The highest BCUT2D eigenvalue weighted by Gasteiger charge is 2.15. The topological polar surface area (TPSA) is 52.0 Å². The number of para-hydroxylation sites is 1. The Balaban J connectivity index is 2.06. The van der Waals surface area contributed by atoms with Gasteiger partial charge in [0.25, 0.3) is 0 Å². The van der Waals surface area contributed by atoms with E-state index in [1.54, 1.807) is 6.20 Å². The molecule has 3 heteroatoms. The predicted molar refractivity (Wildman–Crippen MR) is 76.0 cm³/mol. The molecule has 0 fully saturated rings. The van der Waals surface area contributed by atoms with Gasteiger partial charge in [-0.3, -0.25) is 4.98 Å². The zero-order valence-corrected chi connectivity index (χ0v) is 11.1. The summed E-state index contributed by atoms with van der Waals surface area (Å²) in [5.74, 6) is 0.787. The van der Waals surface area contributed by atoms with Gasteiger partial charge in [-0.2, -0.15) is 0 Å². The molecule has 0 aliphatic rings. The Morgan fingerprint density at radius 1 is 1.16 bits per heavy atom. The van der Waals surface area contributed by atoms with E-state index in [-0.39, 0.29) is 6.04 Å². The van der Waals surface area contributed by atoms with Crippen molar-refractivity contribution in [2.75, 3.05) is 0 Å². The predicted octanol–water partition coefficient (Wildman–Crippen LogP) is 3.49. The third-order valence-electron chi connectivity index (χ3n) is 3.35. The standard InChI is InChI=1S/C16H16N2O/c1-10-4-3-5-13-9-14(19-16(10)13)15(17)12-6-7-18-11(2)8-12/h3-9,15H,17H2,1-2H3. The summed E-state index contributed by atoms with van der Waals surface area (Å²) in [5, 5.41) is 1.09. The van der Waals surface area contributed by atoms with E-state index in [1.807, 2.05) is 50.2 Å². The van der Waals surface area contributed by atoms with E-state index in [4.69, 9.17) is 10.2 Å². The fraction of sp³-hybridized carbons (Fsp3) is 0.188. The van der Waals surface area contributed by atoms with E-state index >= 15 is 0 Å². The molecule has 0 aliphatic carbocycles. The Bertz CT molecular complexity index is 730. The van der Waals surface area contributed by atoms with Crippen LogP contribution in [0, 0.1) is 13.8 Å². The second-order valence-electron chi connectivity index (χ2n) is 4.85. The van der Waals surface area contributed by atoms with Crippen LogP contribution >= 0.6 is 0 Å². The summed E-state index contributed by atoms with van der Waals surface area (Å²) >= 11 is 0. The van der Waals surface area contributed by atoms with Gasteiger partial charge in [0.1, 0.15) is 11.3 Å². The van der Waals surface area contributed by atoms with Crippen LogP contribution in [-0.4, -0.2) is 4.98 Å². The van der Waals surface area contributed by atoms with Gasteiger partial charge in [-0.1, -0.05) is 18.2 Å². The van der Waals surface area contributed by atoms with Crippen molar-refractivity contribution in [2.24, 2.45) is 5.73 Å². The second-order valence-corrected chi connectivity index (χ2v) is 4.85. The Labute approximate surface area is 112 Å². The van der Waals surface area contributed by atoms with Gasteiger partial charge in [-0.05, 0) is 43.2 Å². The van der Waals surface area contributed by atoms with Gasteiger partial charge in [0, 0.05) is 17.3 Å². The van der Waals surface area contributed by atoms with Crippen molar-refractivity contribution >= 4 is 11.0 Å². The third kappa shape index (κ3) is 2.13. The molecule has 3 nitrogen and oxygen atoms in total. The Kier molecular flexibility index (Phi) is 2.84. The lowest BCUT2D eigenvalue weighted by molar-refractivity contribution is 0.523. The highest BCUT2D eigenvalue weighted by Crippen LogP contribution is 2.28. The molecule has 1 atom stereocenters. The minimum atomic E-state index is -0.256. The van der Waals surface area contributed by atoms with Gasteiger partial charge >= 0.3 is 0 Å². The molecule has 0 spiro atoms. The molecule has 1 aromatic carbocycles. The van der Waals surface area contributed by atoms with Crippen molar-refractivity contribution in [3.63, 3.8) is 0 Å². The molecule has 0 amide bonds. The van der Waals surface area contributed by atoms with E-state index in [1.165, 1.54) is 0 Å². The maximum Gasteiger partial charge on any atom is 0.137 e. The van der Waals surface area contributed by atoms with E-state index in [9.17, 15) is 0 Å². The number of furan rings is 1. The van der Waals surface area contributed by atoms with E-state index in [0.29, 0.717) is 0 Å². The summed E-state index contributed by atoms with van der Waals surface area (Å²) in [6, 6.07) is 11.8. The van der Waals surface area contributed by atoms with Gasteiger partial charge in [0.15, 0.2) is 0 Å². The van der Waals surface area contributed by atoms with Crippen LogP contribution in [0.4, 0.5) is 0 Å². The zero-order chi connectivity index (χ0) is 13.4. The third-order valence-corrected chi connectivity index (χ3v) is 3.35. The fourth-order valence-corrected chi connectivity index (χ4v) is 2.31. The second kappa shape index (κ2) is 4.52. The highest BCUT2D eigenvalue weighted by atomic mass is 16.3. The Hall–Kier alpha value is -2.13. The average Bonchev–Trinajstić information content (AvgIpc) is 2.83. The first kappa shape index (κ1) is 11.9. The minimum absolute atomic E-state index is 0.256. The molecule has 3 rings (SSSR count). The van der Waals surface area contributed by atoms with Gasteiger partial charge in [-0.15, -0.1) is 0 Å². The SMILES string of the molecule is Cc1cc(C(N)c2cc3cccc(C)c3o2)ccn1. The van der Waals surface area contributed by atoms with Gasteiger partial charge < -0.3 is 10.2 Å². The number of benzene rings is 1. The lowest BCUT2D eigenvalue weighted by Gasteiger charge is -2.09. The first-order valence-electron chi connectivity index (χ1n) is 6.32. The van der Waals surface area contributed by atoms with Crippen molar-refractivity contribution in [3.05, 3.63) is 65.2 Å². The molecule has 2 heterocycles. The number of aryl methyl sites for hydroxylation is 2. The molecule has 1 unspecified atom stereocenters.